The highest BCUT2D eigenvalue weighted by Crippen LogP contribution is 2.16. The third kappa shape index (κ3) is 2.76. The van der Waals surface area contributed by atoms with Crippen LogP contribution in [-0.4, -0.2) is 27.5 Å². The second-order valence-corrected chi connectivity index (χ2v) is 2.55. The number of hydrazine groups is 1. The molecule has 0 saturated heterocycles. The minimum Gasteiger partial charge on any atom is -0.508 e. The van der Waals surface area contributed by atoms with Crippen molar-refractivity contribution in [1.29, 1.82) is 0 Å². The Hall–Kier alpha value is -2.44. The van der Waals surface area contributed by atoms with Crippen molar-refractivity contribution in [3.63, 3.8) is 0 Å². The van der Waals surface area contributed by atoms with Crippen LogP contribution in [0.1, 0.15) is 0 Å². The van der Waals surface area contributed by atoms with E-state index < -0.39 is 12.2 Å². The van der Waals surface area contributed by atoms with E-state index in [1.807, 2.05) is 0 Å². The van der Waals surface area contributed by atoms with Crippen molar-refractivity contribution in [3.8, 4) is 5.75 Å². The maximum Gasteiger partial charge on any atom is 0.431 e. The van der Waals surface area contributed by atoms with Crippen LogP contribution in [0.2, 0.25) is 0 Å². The molecule has 0 unspecified atom stereocenters. The van der Waals surface area contributed by atoms with Crippen molar-refractivity contribution in [3.05, 3.63) is 24.3 Å². The van der Waals surface area contributed by atoms with E-state index in [0.29, 0.717) is 5.01 Å². The molecule has 15 heavy (non-hydrogen) atoms. The van der Waals surface area contributed by atoms with Gasteiger partial charge in [0.25, 0.3) is 0 Å². The van der Waals surface area contributed by atoms with E-state index in [1.54, 1.807) is 5.43 Å². The number of nitrogens with zero attached hydrogens (tertiary/aromatic N) is 1. The summed E-state index contributed by atoms with van der Waals surface area (Å²) >= 11 is 0. The molecular formula is C8H8N2O5. The van der Waals surface area contributed by atoms with E-state index >= 15 is 0 Å². The molecule has 7 heteroatoms. The molecule has 0 radical (unpaired) electrons. The molecule has 4 N–H and O–H groups in total. The van der Waals surface area contributed by atoms with Crippen LogP contribution in [0.25, 0.3) is 0 Å². The van der Waals surface area contributed by atoms with Crippen molar-refractivity contribution in [2.45, 2.75) is 0 Å². The van der Waals surface area contributed by atoms with Gasteiger partial charge in [-0.15, -0.1) is 0 Å². The standard InChI is InChI=1S/C8H8N2O5/c11-6-3-1-5(2-4-6)10(8(14)15)9-7(12)13/h1-4,9,11H,(H,12,13)(H,14,15). The molecule has 0 saturated carbocycles. The number of aromatic hydroxyl groups is 1. The van der Waals surface area contributed by atoms with Gasteiger partial charge >= 0.3 is 12.2 Å². The summed E-state index contributed by atoms with van der Waals surface area (Å²) in [7, 11) is 0. The summed E-state index contributed by atoms with van der Waals surface area (Å²) in [4.78, 5) is 20.9. The molecule has 2 amide bonds. The summed E-state index contributed by atoms with van der Waals surface area (Å²) in [6.07, 6.45) is -2.96. The largest absolute Gasteiger partial charge is 0.508 e. The molecule has 0 aromatic heterocycles. The number of hydrogen-bond acceptors (Lipinski definition) is 3. The number of benzene rings is 1. The van der Waals surface area contributed by atoms with Crippen molar-refractivity contribution in [2.75, 3.05) is 5.01 Å². The van der Waals surface area contributed by atoms with Crippen LogP contribution in [0.3, 0.4) is 0 Å². The van der Waals surface area contributed by atoms with Gasteiger partial charge in [0.05, 0.1) is 5.69 Å². The first-order valence-corrected chi connectivity index (χ1v) is 3.82. The topological polar surface area (TPSA) is 110 Å². The number of phenols is 1. The first-order chi connectivity index (χ1) is 7.00. The number of nitrogens with one attached hydrogen (secondary N) is 1. The van der Waals surface area contributed by atoms with Gasteiger partial charge in [-0.3, -0.25) is 0 Å². The summed E-state index contributed by atoms with van der Waals surface area (Å²) in [6, 6.07) is 5.02. The molecule has 0 aliphatic carbocycles. The maximum absolute atomic E-state index is 10.7. The Morgan fingerprint density at radius 2 is 1.67 bits per heavy atom. The number of anilines is 1. The SMILES string of the molecule is O=C(O)NN(C(=O)O)c1ccc(O)cc1. The van der Waals surface area contributed by atoms with Gasteiger partial charge in [-0.2, -0.15) is 5.01 Å². The van der Waals surface area contributed by atoms with E-state index in [4.69, 9.17) is 15.3 Å². The Morgan fingerprint density at radius 3 is 2.07 bits per heavy atom. The lowest BCUT2D eigenvalue weighted by atomic mass is 10.3. The van der Waals surface area contributed by atoms with Gasteiger partial charge in [-0.05, 0) is 24.3 Å². The maximum atomic E-state index is 10.7. The smallest absolute Gasteiger partial charge is 0.431 e. The Labute approximate surface area is 84.1 Å². The van der Waals surface area contributed by atoms with E-state index in [0.717, 1.165) is 0 Å². The highest BCUT2D eigenvalue weighted by atomic mass is 16.4. The molecule has 0 bridgehead atoms. The highest BCUT2D eigenvalue weighted by molar-refractivity contribution is 5.88. The van der Waals surface area contributed by atoms with Crippen molar-refractivity contribution >= 4 is 17.9 Å². The molecule has 1 rings (SSSR count). The fourth-order valence-corrected chi connectivity index (χ4v) is 0.920. The van der Waals surface area contributed by atoms with E-state index in [2.05, 4.69) is 0 Å². The number of phenolic OH excluding ortho intramolecular Hbond substituents is 1. The first-order valence-electron chi connectivity index (χ1n) is 3.82. The third-order valence-electron chi connectivity index (χ3n) is 1.51. The van der Waals surface area contributed by atoms with Crippen LogP contribution in [0.4, 0.5) is 15.3 Å². The van der Waals surface area contributed by atoms with Crippen LogP contribution in [0.15, 0.2) is 24.3 Å². The van der Waals surface area contributed by atoms with Gasteiger partial charge < -0.3 is 15.3 Å². The Morgan fingerprint density at radius 1 is 1.13 bits per heavy atom. The summed E-state index contributed by atoms with van der Waals surface area (Å²) in [5.74, 6) is -0.0422. The molecule has 0 atom stereocenters. The number of amides is 2. The average molecular weight is 212 g/mol. The zero-order chi connectivity index (χ0) is 11.4. The predicted molar refractivity (Wildman–Crippen MR) is 49.8 cm³/mol. The molecule has 0 fully saturated rings. The molecule has 7 nitrogen and oxygen atoms in total. The average Bonchev–Trinajstić information content (AvgIpc) is 2.15. The van der Waals surface area contributed by atoms with Crippen molar-refractivity contribution < 1.29 is 24.9 Å². The molecule has 0 heterocycles. The normalized spacial score (nSPS) is 9.33. The van der Waals surface area contributed by atoms with Crippen molar-refractivity contribution in [1.82, 2.24) is 5.43 Å². The first kappa shape index (κ1) is 10.6. The molecule has 0 aliphatic heterocycles. The second-order valence-electron chi connectivity index (χ2n) is 2.55. The van der Waals surface area contributed by atoms with Gasteiger partial charge in [0, 0.05) is 0 Å². The highest BCUT2D eigenvalue weighted by Gasteiger charge is 2.16. The van der Waals surface area contributed by atoms with E-state index in [1.165, 1.54) is 24.3 Å². The Kier molecular flexibility index (Phi) is 2.97. The number of carboxylic acid groups (broad SMARTS) is 2. The van der Waals surface area contributed by atoms with Gasteiger partial charge in [-0.1, -0.05) is 0 Å². The number of hydrogen-bond donors (Lipinski definition) is 4. The molecule has 1 aromatic carbocycles. The van der Waals surface area contributed by atoms with Gasteiger partial charge in [0.1, 0.15) is 5.75 Å². The summed E-state index contributed by atoms with van der Waals surface area (Å²) in [5, 5.41) is 26.4. The van der Waals surface area contributed by atoms with E-state index in [-0.39, 0.29) is 11.4 Å². The molecule has 0 spiro atoms. The minimum absolute atomic E-state index is 0.0422. The lowest BCUT2D eigenvalue weighted by Crippen LogP contribution is -2.45. The molecule has 1 aromatic rings. The number of rotatable bonds is 1. The third-order valence-corrected chi connectivity index (χ3v) is 1.51. The second kappa shape index (κ2) is 4.18. The van der Waals surface area contributed by atoms with Crippen molar-refractivity contribution in [2.24, 2.45) is 0 Å². The quantitative estimate of drug-likeness (QED) is 0.520. The van der Waals surface area contributed by atoms with Crippen LogP contribution >= 0.6 is 0 Å². The fourth-order valence-electron chi connectivity index (χ4n) is 0.920. The zero-order valence-electron chi connectivity index (χ0n) is 7.41. The van der Waals surface area contributed by atoms with Gasteiger partial charge in [0.15, 0.2) is 0 Å². The van der Waals surface area contributed by atoms with Gasteiger partial charge in [0.2, 0.25) is 0 Å². The lowest BCUT2D eigenvalue weighted by Gasteiger charge is -2.17. The Balaban J connectivity index is 2.94. The monoisotopic (exact) mass is 212 g/mol. The summed E-state index contributed by atoms with van der Waals surface area (Å²) in [6.45, 7) is 0. The van der Waals surface area contributed by atoms with Crippen LogP contribution < -0.4 is 10.4 Å². The lowest BCUT2D eigenvalue weighted by molar-refractivity contribution is 0.181. The van der Waals surface area contributed by atoms with E-state index in [9.17, 15) is 9.59 Å². The predicted octanol–water partition coefficient (Wildman–Crippen LogP) is 1.06. The summed E-state index contributed by atoms with van der Waals surface area (Å²) in [5.41, 5.74) is 1.77. The van der Waals surface area contributed by atoms with Crippen LogP contribution in [-0.2, 0) is 0 Å². The molecular weight excluding hydrogens is 204 g/mol. The fraction of sp³-hybridized carbons (Fsp3) is 0. The van der Waals surface area contributed by atoms with Crippen LogP contribution in [0.5, 0.6) is 5.75 Å². The number of carbonyl (C=O) groups is 2. The summed E-state index contributed by atoms with van der Waals surface area (Å²) < 4.78 is 0. The van der Waals surface area contributed by atoms with Crippen LogP contribution in [0, 0.1) is 0 Å². The van der Waals surface area contributed by atoms with Gasteiger partial charge in [-0.25, -0.2) is 15.0 Å². The molecule has 80 valence electrons. The zero-order valence-corrected chi connectivity index (χ0v) is 7.41. The minimum atomic E-state index is -1.49. The Bertz CT molecular complexity index is 375. The molecule has 0 aliphatic rings.